The number of benzene rings is 2. The fraction of sp³-hybridized carbons (Fsp3) is 0.222. The second kappa shape index (κ2) is 8.17. The summed E-state index contributed by atoms with van der Waals surface area (Å²) in [5.41, 5.74) is 1.72. The highest BCUT2D eigenvalue weighted by Crippen LogP contribution is 2.34. The summed E-state index contributed by atoms with van der Waals surface area (Å²) in [5.74, 6) is 2.19. The molecule has 0 unspecified atom stereocenters. The fourth-order valence-corrected chi connectivity index (χ4v) is 3.29. The third kappa shape index (κ3) is 4.01. The Labute approximate surface area is 165 Å². The summed E-state index contributed by atoms with van der Waals surface area (Å²) in [6.45, 7) is 0.640. The van der Waals surface area contributed by atoms with Crippen LogP contribution in [0.3, 0.4) is 0 Å². The quantitative estimate of drug-likeness (QED) is 0.601. The molecule has 2 aromatic carbocycles. The zero-order chi connectivity index (χ0) is 19.3. The molecule has 0 aliphatic carbocycles. The number of thioether (sulfide) groups is 1. The van der Waals surface area contributed by atoms with Crippen LogP contribution in [-0.4, -0.2) is 45.8 Å². The van der Waals surface area contributed by atoms with Crippen molar-refractivity contribution in [1.29, 1.82) is 0 Å². The van der Waals surface area contributed by atoms with Gasteiger partial charge in [-0.1, -0.05) is 23.9 Å². The third-order valence-electron chi connectivity index (χ3n) is 4.02. The minimum absolute atomic E-state index is 0.110. The number of hydrogen-bond acceptors (Lipinski definition) is 8. The zero-order valence-corrected chi connectivity index (χ0v) is 15.8. The first-order valence-electron chi connectivity index (χ1n) is 8.44. The smallest absolute Gasteiger partial charge is 0.231 e. The number of fused-ring (bicyclic) bond motifs is 1. The molecule has 9 nitrogen and oxygen atoms in total. The van der Waals surface area contributed by atoms with Crippen molar-refractivity contribution in [2.75, 3.05) is 19.7 Å². The van der Waals surface area contributed by atoms with Gasteiger partial charge in [0.05, 0.1) is 18.6 Å². The average molecular weight is 399 g/mol. The molecule has 1 amide bonds. The third-order valence-corrected chi connectivity index (χ3v) is 4.94. The van der Waals surface area contributed by atoms with Crippen LogP contribution in [0.4, 0.5) is 0 Å². The Balaban J connectivity index is 1.34. The molecular weight excluding hydrogens is 382 g/mol. The van der Waals surface area contributed by atoms with E-state index in [9.17, 15) is 4.79 Å². The van der Waals surface area contributed by atoms with E-state index in [0.29, 0.717) is 23.2 Å². The van der Waals surface area contributed by atoms with Crippen molar-refractivity contribution in [2.45, 2.75) is 11.7 Å². The maximum atomic E-state index is 12.2. The van der Waals surface area contributed by atoms with Crippen LogP contribution in [0, 0.1) is 0 Å². The van der Waals surface area contributed by atoms with Crippen LogP contribution in [-0.2, 0) is 11.3 Å². The van der Waals surface area contributed by atoms with Crippen LogP contribution in [0.1, 0.15) is 5.56 Å². The van der Waals surface area contributed by atoms with Crippen LogP contribution in [0.15, 0.2) is 47.6 Å². The Morgan fingerprint density at radius 2 is 2.04 bits per heavy atom. The second-order valence-corrected chi connectivity index (χ2v) is 6.77. The van der Waals surface area contributed by atoms with Crippen LogP contribution >= 0.6 is 11.8 Å². The Hall–Kier alpha value is -3.27. The lowest BCUT2D eigenvalue weighted by atomic mass is 10.2. The van der Waals surface area contributed by atoms with E-state index in [1.165, 1.54) is 11.8 Å². The standard InChI is InChI=1S/C18H17N5O4S/c1-25-14-5-2-12(3-6-14)9-19-17(24)10-28-18-20-21-22-23(18)13-4-7-15-16(8-13)27-11-26-15/h2-8H,9-11H2,1H3,(H,19,24). The Kier molecular flexibility index (Phi) is 5.29. The largest absolute Gasteiger partial charge is 0.497 e. The van der Waals surface area contributed by atoms with E-state index in [1.54, 1.807) is 23.9 Å². The van der Waals surface area contributed by atoms with E-state index in [2.05, 4.69) is 20.8 Å². The van der Waals surface area contributed by atoms with Gasteiger partial charge in [0, 0.05) is 12.6 Å². The van der Waals surface area contributed by atoms with Crippen LogP contribution in [0.2, 0.25) is 0 Å². The summed E-state index contributed by atoms with van der Waals surface area (Å²) in [4.78, 5) is 12.2. The number of rotatable bonds is 7. The molecule has 1 aliphatic rings. The number of amides is 1. The molecule has 10 heteroatoms. The molecule has 28 heavy (non-hydrogen) atoms. The lowest BCUT2D eigenvalue weighted by Crippen LogP contribution is -2.24. The number of hydrogen-bond donors (Lipinski definition) is 1. The lowest BCUT2D eigenvalue weighted by Gasteiger charge is -2.07. The van der Waals surface area contributed by atoms with Crippen LogP contribution in [0.25, 0.3) is 5.69 Å². The molecule has 1 aliphatic heterocycles. The van der Waals surface area contributed by atoms with Gasteiger partial charge < -0.3 is 19.5 Å². The van der Waals surface area contributed by atoms with E-state index < -0.39 is 0 Å². The number of aromatic nitrogens is 4. The second-order valence-electron chi connectivity index (χ2n) is 5.82. The summed E-state index contributed by atoms with van der Waals surface area (Å²) < 4.78 is 17.4. The highest BCUT2D eigenvalue weighted by atomic mass is 32.2. The van der Waals surface area contributed by atoms with Gasteiger partial charge in [0.15, 0.2) is 11.5 Å². The number of carbonyl (C=O) groups excluding carboxylic acids is 1. The highest BCUT2D eigenvalue weighted by Gasteiger charge is 2.17. The van der Waals surface area contributed by atoms with Gasteiger partial charge in [-0.05, 0) is 40.3 Å². The Morgan fingerprint density at radius 3 is 2.86 bits per heavy atom. The molecule has 0 saturated heterocycles. The van der Waals surface area contributed by atoms with Gasteiger partial charge in [0.2, 0.25) is 17.9 Å². The molecule has 4 rings (SSSR count). The minimum Gasteiger partial charge on any atom is -0.497 e. The van der Waals surface area contributed by atoms with E-state index in [-0.39, 0.29) is 18.5 Å². The van der Waals surface area contributed by atoms with E-state index in [1.807, 2.05) is 30.3 Å². The van der Waals surface area contributed by atoms with E-state index >= 15 is 0 Å². The topological polar surface area (TPSA) is 100 Å². The predicted octanol–water partition coefficient (Wildman–Crippen LogP) is 1.81. The van der Waals surface area contributed by atoms with Crippen molar-refractivity contribution in [3.05, 3.63) is 48.0 Å². The van der Waals surface area contributed by atoms with Gasteiger partial charge in [0.25, 0.3) is 0 Å². The van der Waals surface area contributed by atoms with Gasteiger partial charge in [0.1, 0.15) is 5.75 Å². The molecule has 0 bridgehead atoms. The molecule has 0 atom stereocenters. The van der Waals surface area contributed by atoms with Gasteiger partial charge in [-0.25, -0.2) is 0 Å². The van der Waals surface area contributed by atoms with Crippen LogP contribution in [0.5, 0.6) is 17.2 Å². The molecule has 3 aromatic rings. The van der Waals surface area contributed by atoms with Gasteiger partial charge in [-0.3, -0.25) is 4.79 Å². The normalized spacial score (nSPS) is 12.0. The van der Waals surface area contributed by atoms with Crippen molar-refractivity contribution in [1.82, 2.24) is 25.5 Å². The summed E-state index contributed by atoms with van der Waals surface area (Å²) in [6, 6.07) is 13.0. The molecule has 0 fully saturated rings. The molecule has 1 aromatic heterocycles. The summed E-state index contributed by atoms with van der Waals surface area (Å²) in [5, 5.41) is 15.1. The maximum Gasteiger partial charge on any atom is 0.231 e. The van der Waals surface area contributed by atoms with Gasteiger partial charge in [-0.15, -0.1) is 5.10 Å². The molecule has 0 saturated carbocycles. The monoisotopic (exact) mass is 399 g/mol. The summed E-state index contributed by atoms with van der Waals surface area (Å²) in [7, 11) is 1.62. The SMILES string of the molecule is COc1ccc(CNC(=O)CSc2nnnn2-c2ccc3c(c2)OCO3)cc1. The maximum absolute atomic E-state index is 12.2. The molecule has 1 N–H and O–H groups in total. The number of tetrazole rings is 1. The number of nitrogens with zero attached hydrogens (tertiary/aromatic N) is 4. The van der Waals surface area contributed by atoms with Crippen molar-refractivity contribution < 1.29 is 19.0 Å². The lowest BCUT2D eigenvalue weighted by molar-refractivity contribution is -0.118. The number of nitrogens with one attached hydrogen (secondary N) is 1. The Morgan fingerprint density at radius 1 is 1.21 bits per heavy atom. The van der Waals surface area contributed by atoms with E-state index in [4.69, 9.17) is 14.2 Å². The van der Waals surface area contributed by atoms with E-state index in [0.717, 1.165) is 17.0 Å². The molecular formula is C18H17N5O4S. The summed E-state index contributed by atoms with van der Waals surface area (Å²) in [6.07, 6.45) is 0. The zero-order valence-electron chi connectivity index (χ0n) is 15.0. The molecule has 2 heterocycles. The van der Waals surface area contributed by atoms with Gasteiger partial charge >= 0.3 is 0 Å². The van der Waals surface area contributed by atoms with Crippen molar-refractivity contribution in [3.63, 3.8) is 0 Å². The molecule has 0 spiro atoms. The first kappa shape index (κ1) is 18.1. The Bertz CT molecular complexity index is 976. The predicted molar refractivity (Wildman–Crippen MR) is 101 cm³/mol. The molecule has 144 valence electrons. The first-order chi connectivity index (χ1) is 13.7. The fourth-order valence-electron chi connectivity index (χ4n) is 2.57. The van der Waals surface area contributed by atoms with Crippen LogP contribution < -0.4 is 19.5 Å². The first-order valence-corrected chi connectivity index (χ1v) is 9.42. The van der Waals surface area contributed by atoms with Crippen molar-refractivity contribution in [2.24, 2.45) is 0 Å². The minimum atomic E-state index is -0.110. The molecule has 0 radical (unpaired) electrons. The number of carbonyl (C=O) groups is 1. The summed E-state index contributed by atoms with van der Waals surface area (Å²) >= 11 is 1.25. The highest BCUT2D eigenvalue weighted by molar-refractivity contribution is 7.99. The number of ether oxygens (including phenoxy) is 3. The van der Waals surface area contributed by atoms with Crippen molar-refractivity contribution >= 4 is 17.7 Å². The number of methoxy groups -OCH3 is 1. The van der Waals surface area contributed by atoms with Crippen molar-refractivity contribution in [3.8, 4) is 22.9 Å². The van der Waals surface area contributed by atoms with Gasteiger partial charge in [-0.2, -0.15) is 4.68 Å². The average Bonchev–Trinajstić information content (AvgIpc) is 3.39.